The number of sulfone groups is 1. The number of amides is 1. The van der Waals surface area contributed by atoms with E-state index in [-0.39, 0.29) is 17.2 Å². The summed E-state index contributed by atoms with van der Waals surface area (Å²) in [5, 5.41) is 5.91. The largest absolute Gasteiger partial charge is 0.273 e. The fourth-order valence-electron chi connectivity index (χ4n) is 2.66. The van der Waals surface area contributed by atoms with Crippen LogP contribution in [0, 0.1) is 0 Å². The summed E-state index contributed by atoms with van der Waals surface area (Å²) >= 11 is 0. The Labute approximate surface area is 161 Å². The summed E-state index contributed by atoms with van der Waals surface area (Å²) in [6, 6.07) is 14.1. The molecule has 0 unspecified atom stereocenters. The van der Waals surface area contributed by atoms with Gasteiger partial charge in [-0.3, -0.25) is 4.79 Å². The van der Waals surface area contributed by atoms with Crippen LogP contribution in [0.25, 0.3) is 0 Å². The second kappa shape index (κ2) is 7.82. The summed E-state index contributed by atoms with van der Waals surface area (Å²) in [5.41, 5.74) is 2.61. The average Bonchev–Trinajstić information content (AvgIpc) is 3.12. The minimum atomic E-state index is -3.23. The van der Waals surface area contributed by atoms with E-state index in [4.69, 9.17) is 10.7 Å². The highest BCUT2D eigenvalue weighted by molar-refractivity contribution is 8.21. The van der Waals surface area contributed by atoms with Gasteiger partial charge in [-0.05, 0) is 57.1 Å². The Morgan fingerprint density at radius 2 is 1.81 bits per heavy atom. The third-order valence-electron chi connectivity index (χ3n) is 4.07. The Kier molecular flexibility index (Phi) is 5.70. The molecule has 0 saturated heterocycles. The van der Waals surface area contributed by atoms with Crippen LogP contribution in [0.5, 0.6) is 0 Å². The van der Waals surface area contributed by atoms with Gasteiger partial charge in [0.05, 0.1) is 23.6 Å². The highest BCUT2D eigenvalue weighted by Gasteiger charge is 2.21. The molecule has 0 spiro atoms. The molecule has 3 rings (SSSR count). The second-order valence-corrected chi connectivity index (χ2v) is 9.11. The molecule has 0 saturated carbocycles. The molecule has 0 atom stereocenters. The van der Waals surface area contributed by atoms with Crippen molar-refractivity contribution in [3.63, 3.8) is 0 Å². The molecule has 1 aliphatic rings. The van der Waals surface area contributed by atoms with Gasteiger partial charge < -0.3 is 0 Å². The van der Waals surface area contributed by atoms with Crippen molar-refractivity contribution in [3.8, 4) is 0 Å². The van der Waals surface area contributed by atoms with Crippen LogP contribution in [0.3, 0.4) is 0 Å². The number of hydrogen-bond acceptors (Lipinski definition) is 5. The van der Waals surface area contributed by atoms with Crippen molar-refractivity contribution >= 4 is 43.1 Å². The van der Waals surface area contributed by atoms with Gasteiger partial charge >= 0.3 is 0 Å². The van der Waals surface area contributed by atoms with Crippen LogP contribution < -0.4 is 0 Å². The van der Waals surface area contributed by atoms with Gasteiger partial charge in [-0.15, -0.1) is 0 Å². The van der Waals surface area contributed by atoms with Crippen LogP contribution in [-0.4, -0.2) is 37.8 Å². The Bertz CT molecular complexity index is 939. The number of carbonyl (C=O) groups is 1. The minimum absolute atomic E-state index is 0.111. The van der Waals surface area contributed by atoms with Gasteiger partial charge in [0.25, 0.3) is 0 Å². The number of carbonyl (C=O) groups excluding carboxylic acids is 1. The first kappa shape index (κ1) is 18.9. The van der Waals surface area contributed by atoms with Crippen molar-refractivity contribution in [1.29, 1.82) is 0 Å². The van der Waals surface area contributed by atoms with Crippen LogP contribution in [0.1, 0.15) is 17.5 Å². The van der Waals surface area contributed by atoms with E-state index in [1.165, 1.54) is 17.1 Å². The number of halogens is 1. The van der Waals surface area contributed by atoms with Gasteiger partial charge in [0.15, 0.2) is 9.84 Å². The maximum atomic E-state index is 12.5. The first-order valence-electron chi connectivity index (χ1n) is 7.93. The van der Waals surface area contributed by atoms with Crippen molar-refractivity contribution in [2.45, 2.75) is 22.6 Å². The first-order valence-corrected chi connectivity index (χ1v) is 11.5. The Hall–Kier alpha value is -1.83. The Balaban J connectivity index is 1.67. The maximum absolute atomic E-state index is 12.5. The second-order valence-electron chi connectivity index (χ2n) is 6.01. The van der Waals surface area contributed by atoms with Crippen LogP contribution in [0.2, 0.25) is 0 Å². The maximum Gasteiger partial charge on any atom is 0.247 e. The molecule has 2 aromatic carbocycles. The molecule has 1 heterocycles. The van der Waals surface area contributed by atoms with Gasteiger partial charge in [0.2, 0.25) is 5.91 Å². The molecule has 0 aliphatic carbocycles. The molecule has 2 aromatic rings. The van der Waals surface area contributed by atoms with E-state index < -0.39 is 9.84 Å². The van der Waals surface area contributed by atoms with Crippen LogP contribution >= 0.6 is 21.7 Å². The summed E-state index contributed by atoms with van der Waals surface area (Å²) in [7, 11) is 3.64. The van der Waals surface area contributed by atoms with Crippen molar-refractivity contribution in [2.75, 3.05) is 12.8 Å². The standard InChI is InChI=1S/C18H17ClN2O3S2/c1-26(23,24)16-8-2-13(3-9-16)12-18(22)21-11-10-17(20-21)14-4-6-15(25-19)7-5-14/h2-9H,10-12H2,1H3. The van der Waals surface area contributed by atoms with E-state index in [0.717, 1.165) is 39.0 Å². The lowest BCUT2D eigenvalue weighted by molar-refractivity contribution is -0.130. The lowest BCUT2D eigenvalue weighted by atomic mass is 10.1. The normalized spacial score (nSPS) is 14.4. The lowest BCUT2D eigenvalue weighted by Crippen LogP contribution is -2.25. The number of nitrogens with zero attached hydrogens (tertiary/aromatic N) is 2. The van der Waals surface area contributed by atoms with E-state index in [2.05, 4.69) is 5.10 Å². The zero-order valence-corrected chi connectivity index (χ0v) is 16.4. The van der Waals surface area contributed by atoms with Gasteiger partial charge in [0, 0.05) is 17.6 Å². The summed E-state index contributed by atoms with van der Waals surface area (Å²) in [6.07, 6.45) is 2.04. The zero-order chi connectivity index (χ0) is 18.7. The molecule has 0 aromatic heterocycles. The molecule has 26 heavy (non-hydrogen) atoms. The quantitative estimate of drug-likeness (QED) is 0.759. The first-order chi connectivity index (χ1) is 12.4. The number of benzene rings is 2. The van der Waals surface area contributed by atoms with Gasteiger partial charge in [0.1, 0.15) is 0 Å². The lowest BCUT2D eigenvalue weighted by Gasteiger charge is -2.11. The molecular weight excluding hydrogens is 392 g/mol. The van der Waals surface area contributed by atoms with E-state index >= 15 is 0 Å². The van der Waals surface area contributed by atoms with Gasteiger partial charge in [-0.1, -0.05) is 24.3 Å². The van der Waals surface area contributed by atoms with E-state index in [0.29, 0.717) is 13.0 Å². The molecule has 0 fully saturated rings. The third-order valence-corrected chi connectivity index (χ3v) is 6.19. The van der Waals surface area contributed by atoms with Crippen molar-refractivity contribution in [3.05, 3.63) is 59.7 Å². The SMILES string of the molecule is CS(=O)(=O)c1ccc(CC(=O)N2CCC(c3ccc(SCl)cc3)=N2)cc1. The fourth-order valence-corrected chi connectivity index (χ4v) is 3.84. The number of hydrogen-bond donors (Lipinski definition) is 0. The zero-order valence-electron chi connectivity index (χ0n) is 14.1. The Morgan fingerprint density at radius 3 is 2.38 bits per heavy atom. The topological polar surface area (TPSA) is 66.8 Å². The van der Waals surface area contributed by atoms with E-state index in [1.807, 2.05) is 24.3 Å². The monoisotopic (exact) mass is 408 g/mol. The predicted octanol–water partition coefficient (Wildman–Crippen LogP) is 3.52. The van der Waals surface area contributed by atoms with Crippen LogP contribution in [-0.2, 0) is 21.1 Å². The molecule has 1 aliphatic heterocycles. The van der Waals surface area contributed by atoms with E-state index in [9.17, 15) is 13.2 Å². The average molecular weight is 409 g/mol. The van der Waals surface area contributed by atoms with Gasteiger partial charge in [-0.25, -0.2) is 13.4 Å². The molecule has 0 radical (unpaired) electrons. The predicted molar refractivity (Wildman–Crippen MR) is 104 cm³/mol. The third kappa shape index (κ3) is 4.47. The summed E-state index contributed by atoms with van der Waals surface area (Å²) < 4.78 is 23.0. The van der Waals surface area contributed by atoms with Crippen molar-refractivity contribution in [1.82, 2.24) is 5.01 Å². The molecule has 0 N–H and O–H groups in total. The summed E-state index contributed by atoms with van der Waals surface area (Å²) in [4.78, 5) is 13.7. The number of hydrazone groups is 1. The van der Waals surface area contributed by atoms with Crippen LogP contribution in [0.4, 0.5) is 0 Å². The summed E-state index contributed by atoms with van der Waals surface area (Å²) in [6.45, 7) is 0.543. The molecule has 1 amide bonds. The van der Waals surface area contributed by atoms with Crippen LogP contribution in [0.15, 0.2) is 63.4 Å². The minimum Gasteiger partial charge on any atom is -0.273 e. The fraction of sp³-hybridized carbons (Fsp3) is 0.222. The summed E-state index contributed by atoms with van der Waals surface area (Å²) in [5.74, 6) is -0.111. The van der Waals surface area contributed by atoms with E-state index in [1.54, 1.807) is 12.1 Å². The van der Waals surface area contributed by atoms with Gasteiger partial charge in [-0.2, -0.15) is 5.10 Å². The molecule has 0 bridgehead atoms. The van der Waals surface area contributed by atoms with Crippen molar-refractivity contribution < 1.29 is 13.2 Å². The number of rotatable bonds is 5. The highest BCUT2D eigenvalue weighted by atomic mass is 35.7. The molecule has 136 valence electrons. The Morgan fingerprint density at radius 1 is 1.15 bits per heavy atom. The highest BCUT2D eigenvalue weighted by Crippen LogP contribution is 2.23. The molecule has 5 nitrogen and oxygen atoms in total. The molecule has 8 heteroatoms. The smallest absolute Gasteiger partial charge is 0.247 e. The van der Waals surface area contributed by atoms with Crippen molar-refractivity contribution in [2.24, 2.45) is 5.10 Å². The molecular formula is C18H17ClN2O3S2.